The standard InChI is InChI=1S/C29H31FN4O7S2/c1-14-22-25(35)34(29(2,3)27(36)37)28(38)33(26(22)43-23(14)24-31-13-42-32-24)12-21(19-9-15(30)5-8-20(19)39-4)41-18-10-16-6-7-17(11-18)40-16/h5,8-9,13,16-18,21H,6-7,10-12H2,1-4H3,(H,36,37)/t16-,17+,18?,21?. The van der Waals surface area contributed by atoms with E-state index in [0.29, 0.717) is 45.3 Å². The van der Waals surface area contributed by atoms with Gasteiger partial charge in [-0.05, 0) is 81.7 Å². The molecule has 0 spiro atoms. The summed E-state index contributed by atoms with van der Waals surface area (Å²) in [5, 5.41) is 10.2. The topological polar surface area (TPSA) is 135 Å². The Kier molecular flexibility index (Phi) is 7.73. The number of carboxylic acids is 1. The summed E-state index contributed by atoms with van der Waals surface area (Å²) in [6.45, 7) is 4.20. The molecule has 2 aliphatic rings. The van der Waals surface area contributed by atoms with Crippen LogP contribution < -0.4 is 16.0 Å². The van der Waals surface area contributed by atoms with Crippen molar-refractivity contribution in [3.05, 3.63) is 61.5 Å². The van der Waals surface area contributed by atoms with Gasteiger partial charge < -0.3 is 19.3 Å². The molecular weight excluding hydrogens is 599 g/mol. The predicted molar refractivity (Wildman–Crippen MR) is 159 cm³/mol. The smallest absolute Gasteiger partial charge is 0.333 e. The highest BCUT2D eigenvalue weighted by Crippen LogP contribution is 2.40. The number of halogens is 1. The molecule has 2 saturated heterocycles. The number of hydrogen-bond donors (Lipinski definition) is 1. The summed E-state index contributed by atoms with van der Waals surface area (Å²) in [5.41, 5.74) is -0.912. The molecule has 14 heteroatoms. The highest BCUT2D eigenvalue weighted by molar-refractivity contribution is 7.22. The van der Waals surface area contributed by atoms with Gasteiger partial charge in [0.2, 0.25) is 0 Å². The summed E-state index contributed by atoms with van der Waals surface area (Å²) in [4.78, 5) is 45.6. The van der Waals surface area contributed by atoms with E-state index in [9.17, 15) is 23.9 Å². The number of ether oxygens (including phenoxy) is 3. The Morgan fingerprint density at radius 3 is 2.60 bits per heavy atom. The molecule has 6 rings (SSSR count). The SMILES string of the molecule is COc1ccc(F)cc1C(Cn1c(=O)n(C(C)(C)C(=O)O)c(=O)c2c(C)c(-c3ncsn3)sc21)OC1C[C@H]2CC[C@@H](C1)O2. The predicted octanol–water partition coefficient (Wildman–Crippen LogP) is 4.49. The van der Waals surface area contributed by atoms with Crippen LogP contribution in [0.3, 0.4) is 0 Å². The quantitative estimate of drug-likeness (QED) is 0.284. The van der Waals surface area contributed by atoms with Crippen molar-refractivity contribution < 1.29 is 28.5 Å². The van der Waals surface area contributed by atoms with Gasteiger partial charge in [-0.25, -0.2) is 23.5 Å². The summed E-state index contributed by atoms with van der Waals surface area (Å²) in [5.74, 6) is -1.07. The van der Waals surface area contributed by atoms with E-state index in [4.69, 9.17) is 14.2 Å². The molecule has 1 N–H and O–H groups in total. The molecule has 3 aromatic heterocycles. The lowest BCUT2D eigenvalue weighted by molar-refractivity contribution is -0.146. The minimum atomic E-state index is -1.87. The molecule has 4 atom stereocenters. The second-order valence-electron chi connectivity index (χ2n) is 11.5. The van der Waals surface area contributed by atoms with Crippen molar-refractivity contribution in [3.8, 4) is 16.5 Å². The van der Waals surface area contributed by atoms with Crippen LogP contribution in [0.2, 0.25) is 0 Å². The molecule has 2 unspecified atom stereocenters. The molecule has 5 heterocycles. The minimum absolute atomic E-state index is 0.0691. The third kappa shape index (κ3) is 5.19. The number of fused-ring (bicyclic) bond motifs is 3. The maximum absolute atomic E-state index is 14.7. The van der Waals surface area contributed by atoms with Crippen LogP contribution in [0.1, 0.15) is 56.8 Å². The van der Waals surface area contributed by atoms with E-state index in [1.165, 1.54) is 55.1 Å². The fraction of sp³-hybridized carbons (Fsp3) is 0.483. The number of nitrogens with zero attached hydrogens (tertiary/aromatic N) is 4. The third-order valence-electron chi connectivity index (χ3n) is 8.35. The summed E-state index contributed by atoms with van der Waals surface area (Å²) in [6.07, 6.45) is 2.22. The first-order valence-electron chi connectivity index (χ1n) is 13.9. The largest absolute Gasteiger partial charge is 0.496 e. The number of aliphatic carboxylic acids is 1. The molecule has 43 heavy (non-hydrogen) atoms. The number of hydrogen-bond acceptors (Lipinski definition) is 10. The molecule has 2 fully saturated rings. The lowest BCUT2D eigenvalue weighted by atomic mass is 10.0. The molecule has 0 saturated carbocycles. The Labute approximate surface area is 253 Å². The number of methoxy groups -OCH3 is 1. The van der Waals surface area contributed by atoms with Crippen LogP contribution >= 0.6 is 22.9 Å². The second kappa shape index (κ2) is 11.2. The fourth-order valence-electron chi connectivity index (χ4n) is 6.07. The second-order valence-corrected chi connectivity index (χ2v) is 13.1. The monoisotopic (exact) mass is 630 g/mol. The fourth-order valence-corrected chi connectivity index (χ4v) is 7.80. The molecule has 0 radical (unpaired) electrons. The number of carboxylic acid groups (broad SMARTS) is 1. The number of benzene rings is 1. The van der Waals surface area contributed by atoms with Crippen molar-refractivity contribution >= 4 is 39.1 Å². The lowest BCUT2D eigenvalue weighted by Crippen LogP contribution is -2.52. The van der Waals surface area contributed by atoms with E-state index >= 15 is 0 Å². The first-order valence-corrected chi connectivity index (χ1v) is 15.6. The Balaban J connectivity index is 1.57. The summed E-state index contributed by atoms with van der Waals surface area (Å²) in [7, 11) is 1.47. The summed E-state index contributed by atoms with van der Waals surface area (Å²) in [6, 6.07) is 4.10. The number of aromatic nitrogens is 4. The maximum atomic E-state index is 14.7. The third-order valence-corrected chi connectivity index (χ3v) is 10.1. The minimum Gasteiger partial charge on any atom is -0.496 e. The first kappa shape index (κ1) is 29.6. The van der Waals surface area contributed by atoms with Crippen molar-refractivity contribution in [1.29, 1.82) is 0 Å². The van der Waals surface area contributed by atoms with Crippen LogP contribution in [0.15, 0.2) is 33.3 Å². The highest BCUT2D eigenvalue weighted by atomic mass is 32.1. The van der Waals surface area contributed by atoms with Gasteiger partial charge in [0.25, 0.3) is 5.56 Å². The van der Waals surface area contributed by atoms with Crippen LogP contribution in [-0.4, -0.2) is 55.0 Å². The van der Waals surface area contributed by atoms with Gasteiger partial charge in [0.15, 0.2) is 5.82 Å². The molecule has 0 aliphatic carbocycles. The number of carbonyl (C=O) groups is 1. The van der Waals surface area contributed by atoms with Crippen molar-refractivity contribution in [2.75, 3.05) is 7.11 Å². The van der Waals surface area contributed by atoms with Crippen LogP contribution in [0.4, 0.5) is 4.39 Å². The van der Waals surface area contributed by atoms with Gasteiger partial charge in [-0.3, -0.25) is 9.36 Å². The van der Waals surface area contributed by atoms with Crippen molar-refractivity contribution in [1.82, 2.24) is 18.5 Å². The van der Waals surface area contributed by atoms with Crippen LogP contribution in [0, 0.1) is 12.7 Å². The van der Waals surface area contributed by atoms with Crippen LogP contribution in [-0.2, 0) is 26.4 Å². The average Bonchev–Trinajstić information content (AvgIpc) is 3.69. The highest BCUT2D eigenvalue weighted by Gasteiger charge is 2.39. The molecule has 11 nitrogen and oxygen atoms in total. The Hall–Kier alpha value is -3.46. The van der Waals surface area contributed by atoms with Gasteiger partial charge in [0.1, 0.15) is 33.6 Å². The van der Waals surface area contributed by atoms with E-state index < -0.39 is 34.7 Å². The van der Waals surface area contributed by atoms with Gasteiger partial charge in [0, 0.05) is 5.56 Å². The van der Waals surface area contributed by atoms with Crippen molar-refractivity contribution in [2.24, 2.45) is 0 Å². The van der Waals surface area contributed by atoms with Crippen molar-refractivity contribution in [2.45, 2.75) is 83.0 Å². The molecule has 0 amide bonds. The summed E-state index contributed by atoms with van der Waals surface area (Å²) >= 11 is 2.32. The Morgan fingerprint density at radius 1 is 1.26 bits per heavy atom. The van der Waals surface area contributed by atoms with Gasteiger partial charge in [-0.2, -0.15) is 4.37 Å². The molecule has 4 aromatic rings. The number of aryl methyl sites for hydroxylation is 1. The number of thiophene rings is 1. The Bertz CT molecular complexity index is 1800. The van der Waals surface area contributed by atoms with Crippen LogP contribution in [0.5, 0.6) is 5.75 Å². The zero-order chi connectivity index (χ0) is 30.6. The van der Waals surface area contributed by atoms with Crippen LogP contribution in [0.25, 0.3) is 20.9 Å². The van der Waals surface area contributed by atoms with E-state index in [1.807, 2.05) is 0 Å². The zero-order valence-corrected chi connectivity index (χ0v) is 25.7. The Morgan fingerprint density at radius 2 is 1.98 bits per heavy atom. The molecule has 1 aromatic carbocycles. The van der Waals surface area contributed by atoms with Gasteiger partial charge in [-0.15, -0.1) is 11.3 Å². The maximum Gasteiger partial charge on any atom is 0.333 e. The molecule has 228 valence electrons. The van der Waals surface area contributed by atoms with Gasteiger partial charge >= 0.3 is 11.7 Å². The van der Waals surface area contributed by atoms with E-state index in [-0.39, 0.29) is 30.2 Å². The first-order chi connectivity index (χ1) is 20.5. The molecule has 2 aliphatic heterocycles. The normalized spacial score (nSPS) is 20.9. The van der Waals surface area contributed by atoms with Crippen molar-refractivity contribution in [3.63, 3.8) is 0 Å². The molecule has 2 bridgehead atoms. The zero-order valence-electron chi connectivity index (χ0n) is 24.0. The average molecular weight is 631 g/mol. The summed E-state index contributed by atoms with van der Waals surface area (Å²) < 4.78 is 39.4. The number of rotatable bonds is 9. The van der Waals surface area contributed by atoms with E-state index in [0.717, 1.165) is 28.9 Å². The van der Waals surface area contributed by atoms with E-state index in [2.05, 4.69) is 9.36 Å². The lowest BCUT2D eigenvalue weighted by Gasteiger charge is -2.33. The van der Waals surface area contributed by atoms with Gasteiger partial charge in [0.05, 0.1) is 42.2 Å². The van der Waals surface area contributed by atoms with Gasteiger partial charge in [-0.1, -0.05) is 0 Å². The van der Waals surface area contributed by atoms with E-state index in [1.54, 1.807) is 12.4 Å². The molecular formula is C29H31FN4O7S2.